The van der Waals surface area contributed by atoms with Gasteiger partial charge < -0.3 is 14.2 Å². The van der Waals surface area contributed by atoms with E-state index in [0.29, 0.717) is 11.3 Å². The summed E-state index contributed by atoms with van der Waals surface area (Å²) in [5, 5.41) is 10.1. The van der Waals surface area contributed by atoms with Crippen LogP contribution in [0.5, 0.6) is 0 Å². The zero-order chi connectivity index (χ0) is 18.8. The normalized spacial score (nSPS) is 10.7. The first-order valence-corrected chi connectivity index (χ1v) is 7.70. The smallest absolute Gasteiger partial charge is 0.283 e. The van der Waals surface area contributed by atoms with Crippen LogP contribution >= 0.6 is 0 Å². The molecule has 7 nitrogen and oxygen atoms in total. The number of benzene rings is 1. The minimum absolute atomic E-state index is 0.101. The summed E-state index contributed by atoms with van der Waals surface area (Å²) >= 11 is 0. The van der Waals surface area contributed by atoms with Crippen LogP contribution in [0.15, 0.2) is 63.9 Å². The molecule has 0 unspecified atom stereocenters. The fourth-order valence-corrected chi connectivity index (χ4v) is 2.33. The van der Waals surface area contributed by atoms with Crippen LogP contribution < -0.4 is 5.32 Å². The maximum Gasteiger partial charge on any atom is 0.283 e. The maximum atomic E-state index is 14.1. The summed E-state index contributed by atoms with van der Waals surface area (Å²) in [5.74, 6) is -1.66. The van der Waals surface area contributed by atoms with Gasteiger partial charge >= 0.3 is 0 Å². The van der Waals surface area contributed by atoms with Crippen LogP contribution in [-0.2, 0) is 0 Å². The van der Waals surface area contributed by atoms with Crippen molar-refractivity contribution in [3.8, 4) is 23.1 Å². The summed E-state index contributed by atoms with van der Waals surface area (Å²) in [6.45, 7) is 0. The molecule has 27 heavy (non-hydrogen) atoms. The van der Waals surface area contributed by atoms with Crippen molar-refractivity contribution in [3.05, 3.63) is 72.3 Å². The van der Waals surface area contributed by atoms with Crippen molar-refractivity contribution in [2.45, 2.75) is 0 Å². The number of pyridine rings is 1. The van der Waals surface area contributed by atoms with Gasteiger partial charge in [-0.15, -0.1) is 10.2 Å². The van der Waals surface area contributed by atoms with Crippen molar-refractivity contribution in [1.29, 1.82) is 0 Å². The summed E-state index contributed by atoms with van der Waals surface area (Å²) in [4.78, 5) is 15.9. The Morgan fingerprint density at radius 1 is 1.04 bits per heavy atom. The molecule has 3 aromatic heterocycles. The molecule has 0 radical (unpaired) electrons. The van der Waals surface area contributed by atoms with E-state index in [2.05, 4.69) is 20.5 Å². The van der Waals surface area contributed by atoms with Crippen LogP contribution in [0.2, 0.25) is 0 Å². The number of halogens is 2. The number of carbonyl (C=O) groups is 1. The maximum absolute atomic E-state index is 14.1. The van der Waals surface area contributed by atoms with Gasteiger partial charge in [0.2, 0.25) is 5.89 Å². The Balaban J connectivity index is 1.62. The Labute approximate surface area is 150 Å². The number of anilines is 1. The predicted molar refractivity (Wildman–Crippen MR) is 89.5 cm³/mol. The zero-order valence-corrected chi connectivity index (χ0v) is 13.5. The molecule has 0 bridgehead atoms. The summed E-state index contributed by atoms with van der Waals surface area (Å²) < 4.78 is 38.4. The van der Waals surface area contributed by atoms with Crippen LogP contribution in [0, 0.1) is 11.6 Å². The molecule has 0 aliphatic carbocycles. The third-order valence-electron chi connectivity index (χ3n) is 3.63. The first kappa shape index (κ1) is 16.6. The van der Waals surface area contributed by atoms with E-state index in [9.17, 15) is 13.6 Å². The molecule has 1 aromatic carbocycles. The van der Waals surface area contributed by atoms with Crippen molar-refractivity contribution in [2.24, 2.45) is 0 Å². The zero-order valence-electron chi connectivity index (χ0n) is 13.5. The van der Waals surface area contributed by atoms with E-state index in [1.807, 2.05) is 0 Å². The molecule has 1 amide bonds. The number of carbonyl (C=O) groups excluding carboxylic acids is 1. The van der Waals surface area contributed by atoms with E-state index in [4.69, 9.17) is 8.83 Å². The van der Waals surface area contributed by atoms with E-state index in [0.717, 1.165) is 18.3 Å². The van der Waals surface area contributed by atoms with Crippen LogP contribution in [0.3, 0.4) is 0 Å². The van der Waals surface area contributed by atoms with Crippen molar-refractivity contribution < 1.29 is 22.4 Å². The molecule has 0 fully saturated rings. The van der Waals surface area contributed by atoms with Gasteiger partial charge in [0, 0.05) is 18.0 Å². The van der Waals surface area contributed by atoms with E-state index >= 15 is 0 Å². The quantitative estimate of drug-likeness (QED) is 0.587. The highest BCUT2D eigenvalue weighted by Gasteiger charge is 2.17. The van der Waals surface area contributed by atoms with Gasteiger partial charge in [-0.3, -0.25) is 9.78 Å². The standard InChI is InChI=1S/C18H10F2N4O3/c19-12-5-6-21-9-11(12)16(25)22-14-8-10(3-4-13(14)20)17-23-24-18(27-17)15-2-1-7-26-15/h1-9H,(H,22,25). The molecule has 0 aliphatic rings. The van der Waals surface area contributed by atoms with Gasteiger partial charge in [0.15, 0.2) is 5.76 Å². The Morgan fingerprint density at radius 2 is 1.89 bits per heavy atom. The van der Waals surface area contributed by atoms with Gasteiger partial charge in [-0.05, 0) is 36.4 Å². The summed E-state index contributed by atoms with van der Waals surface area (Å²) in [5.41, 5.74) is -0.109. The molecule has 4 aromatic rings. The lowest BCUT2D eigenvalue weighted by molar-refractivity contribution is 0.102. The van der Waals surface area contributed by atoms with E-state index in [1.165, 1.54) is 24.6 Å². The molecule has 1 N–H and O–H groups in total. The Hall–Kier alpha value is -3.88. The number of furan rings is 1. The number of aromatic nitrogens is 3. The molecule has 0 aliphatic heterocycles. The molecular formula is C18H10F2N4O3. The molecule has 0 atom stereocenters. The topological polar surface area (TPSA) is 94.1 Å². The fraction of sp³-hybridized carbons (Fsp3) is 0. The average Bonchev–Trinajstić information content (AvgIpc) is 3.35. The summed E-state index contributed by atoms with van der Waals surface area (Å²) in [6, 6.07) is 8.20. The van der Waals surface area contributed by atoms with E-state index in [1.54, 1.807) is 12.1 Å². The van der Waals surface area contributed by atoms with E-state index < -0.39 is 17.5 Å². The molecule has 0 saturated heterocycles. The van der Waals surface area contributed by atoms with Crippen molar-refractivity contribution >= 4 is 11.6 Å². The number of nitrogens with one attached hydrogen (secondary N) is 1. The van der Waals surface area contributed by atoms with Crippen molar-refractivity contribution in [1.82, 2.24) is 15.2 Å². The Kier molecular flexibility index (Phi) is 4.17. The fourth-order valence-electron chi connectivity index (χ4n) is 2.33. The monoisotopic (exact) mass is 368 g/mol. The van der Waals surface area contributed by atoms with Crippen LogP contribution in [0.4, 0.5) is 14.5 Å². The Bertz CT molecular complexity index is 1110. The highest BCUT2D eigenvalue weighted by atomic mass is 19.1. The van der Waals surface area contributed by atoms with Gasteiger partial charge in [-0.25, -0.2) is 8.78 Å². The number of hydrogen-bond donors (Lipinski definition) is 1. The van der Waals surface area contributed by atoms with Gasteiger partial charge in [-0.1, -0.05) is 0 Å². The number of rotatable bonds is 4. The second-order valence-electron chi connectivity index (χ2n) is 5.39. The van der Waals surface area contributed by atoms with E-state index in [-0.39, 0.29) is 23.0 Å². The molecule has 9 heteroatoms. The minimum Gasteiger partial charge on any atom is -0.459 e. The first-order valence-electron chi connectivity index (χ1n) is 7.70. The SMILES string of the molecule is O=C(Nc1cc(-c2nnc(-c3ccco3)o2)ccc1F)c1cnccc1F. The molecule has 3 heterocycles. The first-order chi connectivity index (χ1) is 13.1. The van der Waals surface area contributed by atoms with Crippen LogP contribution in [-0.4, -0.2) is 21.1 Å². The third kappa shape index (κ3) is 3.30. The molecular weight excluding hydrogens is 358 g/mol. The van der Waals surface area contributed by atoms with Gasteiger partial charge in [0.1, 0.15) is 11.6 Å². The summed E-state index contributed by atoms with van der Waals surface area (Å²) in [6.07, 6.45) is 3.72. The van der Waals surface area contributed by atoms with Crippen LogP contribution in [0.1, 0.15) is 10.4 Å². The van der Waals surface area contributed by atoms with Gasteiger partial charge in [0.25, 0.3) is 11.8 Å². The second-order valence-corrected chi connectivity index (χ2v) is 5.39. The second kappa shape index (κ2) is 6.79. The highest BCUT2D eigenvalue weighted by Crippen LogP contribution is 2.27. The molecule has 4 rings (SSSR count). The summed E-state index contributed by atoms with van der Waals surface area (Å²) in [7, 11) is 0. The molecule has 0 spiro atoms. The lowest BCUT2D eigenvalue weighted by Gasteiger charge is -2.08. The van der Waals surface area contributed by atoms with Crippen molar-refractivity contribution in [2.75, 3.05) is 5.32 Å². The van der Waals surface area contributed by atoms with Gasteiger partial charge in [-0.2, -0.15) is 0 Å². The molecule has 0 saturated carbocycles. The minimum atomic E-state index is -0.835. The average molecular weight is 368 g/mol. The van der Waals surface area contributed by atoms with Crippen molar-refractivity contribution in [3.63, 3.8) is 0 Å². The Morgan fingerprint density at radius 3 is 2.67 bits per heavy atom. The number of nitrogens with zero attached hydrogens (tertiary/aromatic N) is 3. The van der Waals surface area contributed by atoms with Crippen LogP contribution in [0.25, 0.3) is 23.1 Å². The number of amides is 1. The lowest BCUT2D eigenvalue weighted by Crippen LogP contribution is -2.15. The molecule has 134 valence electrons. The lowest BCUT2D eigenvalue weighted by atomic mass is 10.1. The number of hydrogen-bond acceptors (Lipinski definition) is 6. The predicted octanol–water partition coefficient (Wildman–Crippen LogP) is 3.92. The van der Waals surface area contributed by atoms with Gasteiger partial charge in [0.05, 0.1) is 17.5 Å². The largest absolute Gasteiger partial charge is 0.459 e. The highest BCUT2D eigenvalue weighted by molar-refractivity contribution is 6.04. The third-order valence-corrected chi connectivity index (χ3v) is 3.63.